The monoisotopic (exact) mass is 372 g/mol. The minimum atomic E-state index is -0.387. The molecule has 1 amide bonds. The summed E-state index contributed by atoms with van der Waals surface area (Å²) in [6.07, 6.45) is 1.42. The number of phenolic OH excluding ortho intramolecular Hbond substituents is 1. The number of hydrogen-bond donors (Lipinski definition) is 2. The summed E-state index contributed by atoms with van der Waals surface area (Å²) in [6.45, 7) is 3.98. The van der Waals surface area contributed by atoms with Gasteiger partial charge in [-0.3, -0.25) is 4.79 Å². The molecule has 7 nitrogen and oxygen atoms in total. The number of aromatic hydroxyl groups is 1. The lowest BCUT2D eigenvalue weighted by molar-refractivity contribution is -0.123. The van der Waals surface area contributed by atoms with Crippen molar-refractivity contribution in [2.24, 2.45) is 5.10 Å². The van der Waals surface area contributed by atoms with E-state index in [1.165, 1.54) is 20.4 Å². The number of nitrogens with one attached hydrogen (secondary N) is 1. The number of amides is 1. The van der Waals surface area contributed by atoms with Crippen LogP contribution in [-0.2, 0) is 4.79 Å². The molecule has 0 radical (unpaired) electrons. The highest BCUT2D eigenvalue weighted by atomic mass is 16.5. The molecule has 0 aliphatic heterocycles. The number of hydrogen-bond acceptors (Lipinski definition) is 6. The molecule has 2 aromatic rings. The second-order valence-electron chi connectivity index (χ2n) is 6.05. The first-order chi connectivity index (χ1) is 13.0. The Morgan fingerprint density at radius 3 is 2.37 bits per heavy atom. The van der Waals surface area contributed by atoms with Crippen molar-refractivity contribution in [1.82, 2.24) is 5.43 Å². The van der Waals surface area contributed by atoms with E-state index >= 15 is 0 Å². The summed E-state index contributed by atoms with van der Waals surface area (Å²) < 4.78 is 15.7. The van der Waals surface area contributed by atoms with Crippen LogP contribution in [0.15, 0.2) is 41.5 Å². The highest BCUT2D eigenvalue weighted by Crippen LogP contribution is 2.36. The van der Waals surface area contributed by atoms with Gasteiger partial charge >= 0.3 is 0 Å². The smallest absolute Gasteiger partial charge is 0.277 e. The summed E-state index contributed by atoms with van der Waals surface area (Å²) in [5.74, 6) is 0.980. The summed E-state index contributed by atoms with van der Waals surface area (Å²) in [5, 5.41) is 13.8. The number of carbonyl (C=O) groups excluding carboxylic acids is 1. The maximum absolute atomic E-state index is 11.9. The molecule has 2 aromatic carbocycles. The number of hydrazone groups is 1. The number of benzene rings is 2. The fourth-order valence-electron chi connectivity index (χ4n) is 2.43. The van der Waals surface area contributed by atoms with Crippen molar-refractivity contribution >= 4 is 12.1 Å². The molecule has 2 rings (SSSR count). The summed E-state index contributed by atoms with van der Waals surface area (Å²) in [5.41, 5.74) is 4.03. The third-order valence-corrected chi connectivity index (χ3v) is 3.80. The van der Waals surface area contributed by atoms with Crippen LogP contribution in [0.4, 0.5) is 0 Å². The first kappa shape index (κ1) is 20.1. The maximum Gasteiger partial charge on any atom is 0.277 e. The third-order valence-electron chi connectivity index (χ3n) is 3.80. The third kappa shape index (κ3) is 5.37. The van der Waals surface area contributed by atoms with Crippen LogP contribution >= 0.6 is 0 Å². The van der Waals surface area contributed by atoms with Gasteiger partial charge in [0.25, 0.3) is 5.91 Å². The number of nitrogens with zero attached hydrogens (tertiary/aromatic N) is 1. The van der Waals surface area contributed by atoms with Gasteiger partial charge in [-0.2, -0.15) is 5.10 Å². The predicted molar refractivity (Wildman–Crippen MR) is 103 cm³/mol. The fourth-order valence-corrected chi connectivity index (χ4v) is 2.43. The van der Waals surface area contributed by atoms with Crippen molar-refractivity contribution in [2.75, 3.05) is 20.8 Å². The van der Waals surface area contributed by atoms with Crippen LogP contribution < -0.4 is 19.6 Å². The first-order valence-corrected chi connectivity index (χ1v) is 8.44. The number of carbonyl (C=O) groups is 1. The molecule has 0 heterocycles. The standard InChI is InChI=1S/C20H24N2O5/c1-13(2)15-7-5-6-8-16(15)27-12-19(23)22-21-11-14-9-17(25-3)20(24)18(10-14)26-4/h5-11,13,24H,12H2,1-4H3,(H,22,23)/b21-11+. The Morgan fingerprint density at radius 1 is 1.15 bits per heavy atom. The number of methoxy groups -OCH3 is 2. The van der Waals surface area contributed by atoms with Crippen LogP contribution in [0.5, 0.6) is 23.0 Å². The Labute approximate surface area is 158 Å². The van der Waals surface area contributed by atoms with Gasteiger partial charge in [0.05, 0.1) is 20.4 Å². The van der Waals surface area contributed by atoms with E-state index in [4.69, 9.17) is 14.2 Å². The molecule has 0 aromatic heterocycles. The quantitative estimate of drug-likeness (QED) is 0.549. The van der Waals surface area contributed by atoms with Crippen molar-refractivity contribution in [1.29, 1.82) is 0 Å². The van der Waals surface area contributed by atoms with E-state index in [0.717, 1.165) is 5.56 Å². The average Bonchev–Trinajstić information content (AvgIpc) is 2.67. The van der Waals surface area contributed by atoms with Crippen molar-refractivity contribution in [3.63, 3.8) is 0 Å². The molecule has 0 bridgehead atoms. The molecular formula is C20H24N2O5. The summed E-state index contributed by atoms with van der Waals surface area (Å²) in [4.78, 5) is 11.9. The number of para-hydroxylation sites is 1. The molecule has 0 unspecified atom stereocenters. The SMILES string of the molecule is COc1cc(/C=N/NC(=O)COc2ccccc2C(C)C)cc(OC)c1O. The van der Waals surface area contributed by atoms with Crippen LogP contribution in [0, 0.1) is 0 Å². The van der Waals surface area contributed by atoms with Crippen LogP contribution in [0.1, 0.15) is 30.9 Å². The van der Waals surface area contributed by atoms with E-state index in [2.05, 4.69) is 24.4 Å². The lowest BCUT2D eigenvalue weighted by atomic mass is 10.0. The van der Waals surface area contributed by atoms with E-state index < -0.39 is 0 Å². The summed E-state index contributed by atoms with van der Waals surface area (Å²) in [7, 11) is 2.87. The van der Waals surface area contributed by atoms with Gasteiger partial charge in [0.2, 0.25) is 5.75 Å². The number of phenols is 1. The van der Waals surface area contributed by atoms with Gasteiger partial charge in [-0.1, -0.05) is 32.0 Å². The Kier molecular flexibility index (Phi) is 7.05. The zero-order chi connectivity index (χ0) is 19.8. The lowest BCUT2D eigenvalue weighted by Gasteiger charge is -2.13. The van der Waals surface area contributed by atoms with Crippen LogP contribution in [-0.4, -0.2) is 38.1 Å². The molecular weight excluding hydrogens is 348 g/mol. The highest BCUT2D eigenvalue weighted by Gasteiger charge is 2.11. The second-order valence-corrected chi connectivity index (χ2v) is 6.05. The molecule has 0 aliphatic rings. The molecule has 2 N–H and O–H groups in total. The van der Waals surface area contributed by atoms with Gasteiger partial charge in [0.1, 0.15) is 5.75 Å². The zero-order valence-corrected chi connectivity index (χ0v) is 15.9. The van der Waals surface area contributed by atoms with Crippen molar-refractivity contribution < 1.29 is 24.1 Å². The van der Waals surface area contributed by atoms with Crippen LogP contribution in [0.3, 0.4) is 0 Å². The minimum Gasteiger partial charge on any atom is -0.502 e. The molecule has 0 saturated heterocycles. The minimum absolute atomic E-state index is 0.0987. The topological polar surface area (TPSA) is 89.4 Å². The van der Waals surface area contributed by atoms with Gasteiger partial charge in [0, 0.05) is 5.56 Å². The Balaban J connectivity index is 1.96. The van der Waals surface area contributed by atoms with E-state index in [0.29, 0.717) is 17.2 Å². The summed E-state index contributed by atoms with van der Waals surface area (Å²) in [6, 6.07) is 10.8. The Bertz CT molecular complexity index is 793. The van der Waals surface area contributed by atoms with E-state index in [1.54, 1.807) is 12.1 Å². The average molecular weight is 372 g/mol. The second kappa shape index (κ2) is 9.47. The van der Waals surface area contributed by atoms with Gasteiger partial charge < -0.3 is 19.3 Å². The van der Waals surface area contributed by atoms with Crippen LogP contribution in [0.2, 0.25) is 0 Å². The molecule has 0 spiro atoms. The van der Waals surface area contributed by atoms with Gasteiger partial charge in [0.15, 0.2) is 18.1 Å². The summed E-state index contributed by atoms with van der Waals surface area (Å²) >= 11 is 0. The van der Waals surface area contributed by atoms with Crippen LogP contribution in [0.25, 0.3) is 0 Å². The van der Waals surface area contributed by atoms with Crippen molar-refractivity contribution in [3.8, 4) is 23.0 Å². The Hall–Kier alpha value is -3.22. The molecule has 0 aliphatic carbocycles. The van der Waals surface area contributed by atoms with Crippen molar-refractivity contribution in [3.05, 3.63) is 47.5 Å². The molecule has 0 fully saturated rings. The molecule has 144 valence electrons. The molecule has 0 saturated carbocycles. The maximum atomic E-state index is 11.9. The number of ether oxygens (including phenoxy) is 3. The van der Waals surface area contributed by atoms with E-state index in [9.17, 15) is 9.90 Å². The normalized spacial score (nSPS) is 10.9. The van der Waals surface area contributed by atoms with E-state index in [-0.39, 0.29) is 29.8 Å². The Morgan fingerprint density at radius 2 is 1.78 bits per heavy atom. The van der Waals surface area contributed by atoms with Gasteiger partial charge in [-0.15, -0.1) is 0 Å². The van der Waals surface area contributed by atoms with Crippen molar-refractivity contribution in [2.45, 2.75) is 19.8 Å². The van der Waals surface area contributed by atoms with Gasteiger partial charge in [-0.25, -0.2) is 5.43 Å². The first-order valence-electron chi connectivity index (χ1n) is 8.44. The van der Waals surface area contributed by atoms with Gasteiger partial charge in [-0.05, 0) is 29.7 Å². The number of rotatable bonds is 8. The zero-order valence-electron chi connectivity index (χ0n) is 15.9. The molecule has 7 heteroatoms. The predicted octanol–water partition coefficient (Wildman–Crippen LogP) is 3.06. The lowest BCUT2D eigenvalue weighted by Crippen LogP contribution is -2.24. The molecule has 0 atom stereocenters. The molecule has 27 heavy (non-hydrogen) atoms. The largest absolute Gasteiger partial charge is 0.502 e. The highest BCUT2D eigenvalue weighted by molar-refractivity contribution is 5.84. The van der Waals surface area contributed by atoms with E-state index in [1.807, 2.05) is 24.3 Å². The fraction of sp³-hybridized carbons (Fsp3) is 0.300.